The van der Waals surface area contributed by atoms with E-state index in [2.05, 4.69) is 20.3 Å². The number of nitrogens with one attached hydrogen (secondary N) is 1. The van der Waals surface area contributed by atoms with Crippen LogP contribution in [0, 0.1) is 0 Å². The summed E-state index contributed by atoms with van der Waals surface area (Å²) < 4.78 is 7.08. The average Bonchev–Trinajstić information content (AvgIpc) is 3.11. The maximum absolute atomic E-state index is 12.4. The molecule has 3 aromatic rings. The molecule has 128 valence electrons. The van der Waals surface area contributed by atoms with Crippen LogP contribution in [0.2, 0.25) is 5.02 Å². The molecule has 0 bridgehead atoms. The van der Waals surface area contributed by atoms with E-state index in [1.807, 2.05) is 10.8 Å². The van der Waals surface area contributed by atoms with E-state index in [1.165, 1.54) is 7.11 Å². The van der Waals surface area contributed by atoms with Gasteiger partial charge < -0.3 is 14.6 Å². The summed E-state index contributed by atoms with van der Waals surface area (Å²) in [4.78, 5) is 25.0. The minimum Gasteiger partial charge on any atom is -0.496 e. The fourth-order valence-corrected chi connectivity index (χ4v) is 2.53. The van der Waals surface area contributed by atoms with E-state index >= 15 is 0 Å². The van der Waals surface area contributed by atoms with E-state index in [1.54, 1.807) is 42.9 Å². The molecule has 0 fully saturated rings. The van der Waals surface area contributed by atoms with Gasteiger partial charge in [0.15, 0.2) is 11.6 Å². The molecule has 0 aliphatic rings. The lowest BCUT2D eigenvalue weighted by Gasteiger charge is -2.11. The number of nitrogens with zero attached hydrogens (tertiary/aromatic N) is 4. The third kappa shape index (κ3) is 3.95. The predicted octanol–water partition coefficient (Wildman–Crippen LogP) is 2.43. The summed E-state index contributed by atoms with van der Waals surface area (Å²) in [6.45, 7) is 0.937. The molecule has 3 rings (SSSR count). The van der Waals surface area contributed by atoms with Gasteiger partial charge in [-0.25, -0.2) is 15.0 Å². The van der Waals surface area contributed by atoms with Gasteiger partial charge in [0.1, 0.15) is 5.75 Å². The molecular weight excluding hydrogens is 342 g/mol. The Hall–Kier alpha value is -2.93. The highest BCUT2D eigenvalue weighted by Crippen LogP contribution is 2.22. The number of rotatable bonds is 6. The smallest absolute Gasteiger partial charge is 0.255 e. The highest BCUT2D eigenvalue weighted by Gasteiger charge is 2.13. The van der Waals surface area contributed by atoms with Gasteiger partial charge in [-0.2, -0.15) is 0 Å². The average molecular weight is 358 g/mol. The lowest BCUT2D eigenvalue weighted by Crippen LogP contribution is -2.27. The van der Waals surface area contributed by atoms with Gasteiger partial charge in [-0.15, -0.1) is 0 Å². The van der Waals surface area contributed by atoms with Gasteiger partial charge in [0.2, 0.25) is 0 Å². The van der Waals surface area contributed by atoms with Crippen LogP contribution in [-0.4, -0.2) is 39.1 Å². The fourth-order valence-electron chi connectivity index (χ4n) is 2.35. The first-order chi connectivity index (χ1) is 12.2. The molecule has 0 spiro atoms. The Labute approximate surface area is 149 Å². The molecule has 0 saturated carbocycles. The monoisotopic (exact) mass is 357 g/mol. The van der Waals surface area contributed by atoms with Crippen molar-refractivity contribution in [3.05, 3.63) is 59.6 Å². The molecule has 0 unspecified atom stereocenters. The molecule has 1 N–H and O–H groups in total. The van der Waals surface area contributed by atoms with Crippen molar-refractivity contribution in [1.29, 1.82) is 0 Å². The number of halogens is 1. The predicted molar refractivity (Wildman–Crippen MR) is 93.6 cm³/mol. The molecule has 0 aliphatic heterocycles. The standard InChI is InChI=1S/C17H16ClN5O2/c1-25-14-4-3-12(18)11-13(14)17(24)22-8-10-23-9-7-21-16(23)15-19-5-2-6-20-15/h2-7,9,11H,8,10H2,1H3,(H,22,24). The third-order valence-corrected chi connectivity index (χ3v) is 3.76. The van der Waals surface area contributed by atoms with E-state index in [0.717, 1.165) is 0 Å². The zero-order valence-electron chi connectivity index (χ0n) is 13.5. The number of methoxy groups -OCH3 is 1. The van der Waals surface area contributed by atoms with Crippen LogP contribution < -0.4 is 10.1 Å². The van der Waals surface area contributed by atoms with Gasteiger partial charge in [-0.3, -0.25) is 4.79 Å². The third-order valence-electron chi connectivity index (χ3n) is 3.53. The van der Waals surface area contributed by atoms with Crippen molar-refractivity contribution in [3.8, 4) is 17.4 Å². The maximum atomic E-state index is 12.4. The molecule has 1 aromatic carbocycles. The summed E-state index contributed by atoms with van der Waals surface area (Å²) in [5.74, 6) is 1.41. The van der Waals surface area contributed by atoms with Crippen molar-refractivity contribution in [2.45, 2.75) is 6.54 Å². The Kier molecular flexibility index (Phi) is 5.25. The van der Waals surface area contributed by atoms with Crippen molar-refractivity contribution < 1.29 is 9.53 Å². The number of carbonyl (C=O) groups excluding carboxylic acids is 1. The molecule has 7 nitrogen and oxygen atoms in total. The molecule has 0 atom stereocenters. The van der Waals surface area contributed by atoms with Crippen molar-refractivity contribution in [2.75, 3.05) is 13.7 Å². The summed E-state index contributed by atoms with van der Waals surface area (Å²) in [7, 11) is 1.51. The molecule has 8 heteroatoms. The number of ether oxygens (including phenoxy) is 1. The zero-order chi connectivity index (χ0) is 17.6. The van der Waals surface area contributed by atoms with Crippen molar-refractivity contribution in [2.24, 2.45) is 0 Å². The first kappa shape index (κ1) is 16.9. The first-order valence-corrected chi connectivity index (χ1v) is 7.97. The van der Waals surface area contributed by atoms with Gasteiger partial charge in [0, 0.05) is 42.9 Å². The van der Waals surface area contributed by atoms with Crippen LogP contribution in [0.25, 0.3) is 11.6 Å². The fraction of sp³-hybridized carbons (Fsp3) is 0.176. The second-order valence-corrected chi connectivity index (χ2v) is 5.55. The molecule has 2 heterocycles. The number of hydrogen-bond donors (Lipinski definition) is 1. The van der Waals surface area contributed by atoms with E-state index in [-0.39, 0.29) is 5.91 Å². The molecule has 0 saturated heterocycles. The quantitative estimate of drug-likeness (QED) is 0.732. The minimum absolute atomic E-state index is 0.253. The summed E-state index contributed by atoms with van der Waals surface area (Å²) in [5.41, 5.74) is 0.396. The number of imidazole rings is 1. The van der Waals surface area contributed by atoms with Crippen LogP contribution in [0.1, 0.15) is 10.4 Å². The largest absolute Gasteiger partial charge is 0.496 e. The molecule has 25 heavy (non-hydrogen) atoms. The minimum atomic E-state index is -0.253. The maximum Gasteiger partial charge on any atom is 0.255 e. The summed E-state index contributed by atoms with van der Waals surface area (Å²) in [6.07, 6.45) is 6.81. The molecule has 1 amide bonds. The Morgan fingerprint density at radius 2 is 2.04 bits per heavy atom. The number of aromatic nitrogens is 4. The number of benzene rings is 1. The van der Waals surface area contributed by atoms with Crippen molar-refractivity contribution >= 4 is 17.5 Å². The van der Waals surface area contributed by atoms with Crippen LogP contribution in [-0.2, 0) is 6.54 Å². The Balaban J connectivity index is 1.66. The van der Waals surface area contributed by atoms with Gasteiger partial charge in [-0.1, -0.05) is 11.6 Å². The number of amides is 1. The highest BCUT2D eigenvalue weighted by atomic mass is 35.5. The Morgan fingerprint density at radius 1 is 1.24 bits per heavy atom. The molecule has 2 aromatic heterocycles. The number of carbonyl (C=O) groups is 1. The Bertz CT molecular complexity index is 866. The Morgan fingerprint density at radius 3 is 2.80 bits per heavy atom. The van der Waals surface area contributed by atoms with E-state index < -0.39 is 0 Å². The number of hydrogen-bond acceptors (Lipinski definition) is 5. The normalized spacial score (nSPS) is 10.5. The summed E-state index contributed by atoms with van der Waals surface area (Å²) in [5, 5.41) is 3.33. The van der Waals surface area contributed by atoms with Crippen molar-refractivity contribution in [3.63, 3.8) is 0 Å². The lowest BCUT2D eigenvalue weighted by molar-refractivity contribution is 0.0949. The van der Waals surface area contributed by atoms with Gasteiger partial charge >= 0.3 is 0 Å². The van der Waals surface area contributed by atoms with Gasteiger partial charge in [-0.05, 0) is 24.3 Å². The van der Waals surface area contributed by atoms with Gasteiger partial charge in [0.25, 0.3) is 5.91 Å². The molecular formula is C17H16ClN5O2. The summed E-state index contributed by atoms with van der Waals surface area (Å²) in [6, 6.07) is 6.66. The summed E-state index contributed by atoms with van der Waals surface area (Å²) >= 11 is 5.96. The van der Waals surface area contributed by atoms with Gasteiger partial charge in [0.05, 0.1) is 12.7 Å². The van der Waals surface area contributed by atoms with Crippen LogP contribution in [0.5, 0.6) is 5.75 Å². The second kappa shape index (κ2) is 7.76. The van der Waals surface area contributed by atoms with E-state index in [4.69, 9.17) is 16.3 Å². The SMILES string of the molecule is COc1ccc(Cl)cc1C(=O)NCCn1ccnc1-c1ncccn1. The van der Waals surface area contributed by atoms with Crippen molar-refractivity contribution in [1.82, 2.24) is 24.8 Å². The molecule has 0 radical (unpaired) electrons. The van der Waals surface area contributed by atoms with E-state index in [0.29, 0.717) is 41.1 Å². The molecule has 0 aliphatic carbocycles. The topological polar surface area (TPSA) is 81.9 Å². The highest BCUT2D eigenvalue weighted by molar-refractivity contribution is 6.31. The van der Waals surface area contributed by atoms with Crippen LogP contribution in [0.4, 0.5) is 0 Å². The van der Waals surface area contributed by atoms with Crippen LogP contribution in [0.15, 0.2) is 49.1 Å². The van der Waals surface area contributed by atoms with Crippen LogP contribution in [0.3, 0.4) is 0 Å². The second-order valence-electron chi connectivity index (χ2n) is 5.12. The first-order valence-electron chi connectivity index (χ1n) is 7.59. The van der Waals surface area contributed by atoms with Crippen LogP contribution >= 0.6 is 11.6 Å². The lowest BCUT2D eigenvalue weighted by atomic mass is 10.2. The van der Waals surface area contributed by atoms with E-state index in [9.17, 15) is 4.79 Å². The zero-order valence-corrected chi connectivity index (χ0v) is 14.3.